The highest BCUT2D eigenvalue weighted by Crippen LogP contribution is 2.50. The largest absolute Gasteiger partial charge is 0.328 e. The van der Waals surface area contributed by atoms with Crippen molar-refractivity contribution in [1.29, 1.82) is 0 Å². The maximum Gasteiger partial charge on any atom is 0.233 e. The van der Waals surface area contributed by atoms with E-state index in [0.29, 0.717) is 19.4 Å². The van der Waals surface area contributed by atoms with Crippen LogP contribution in [-0.4, -0.2) is 24.2 Å². The lowest BCUT2D eigenvalue weighted by Crippen LogP contribution is -2.49. The third-order valence-electron chi connectivity index (χ3n) is 4.72. The van der Waals surface area contributed by atoms with Gasteiger partial charge in [-0.3, -0.25) is 4.79 Å². The fourth-order valence-electron chi connectivity index (χ4n) is 4.09. The van der Waals surface area contributed by atoms with E-state index in [9.17, 15) is 18.0 Å². The van der Waals surface area contributed by atoms with Gasteiger partial charge in [0.25, 0.3) is 0 Å². The normalized spacial score (nSPS) is 35.4. The first-order valence-corrected chi connectivity index (χ1v) is 7.43. The summed E-state index contributed by atoms with van der Waals surface area (Å²) in [5.41, 5.74) is 3.76. The standard InChI is InChI=1S/C16H19F3N2O/c1-15(19)7-12(20)8-16(9-15)2-3-21(14(16)22)13-5-10(17)4-11(18)6-13/h4-6,12H,2-3,7-9,20H2,1H3. The number of hydrogen-bond donors (Lipinski definition) is 1. The van der Waals surface area contributed by atoms with Gasteiger partial charge in [-0.15, -0.1) is 0 Å². The van der Waals surface area contributed by atoms with Crippen molar-refractivity contribution >= 4 is 11.6 Å². The van der Waals surface area contributed by atoms with Crippen LogP contribution >= 0.6 is 0 Å². The average molecular weight is 312 g/mol. The molecule has 1 aliphatic heterocycles. The van der Waals surface area contributed by atoms with E-state index in [-0.39, 0.29) is 30.5 Å². The van der Waals surface area contributed by atoms with Gasteiger partial charge in [-0.2, -0.15) is 0 Å². The molecule has 2 aliphatic rings. The third kappa shape index (κ3) is 2.60. The predicted octanol–water partition coefficient (Wildman–Crippen LogP) is 2.93. The van der Waals surface area contributed by atoms with E-state index in [1.54, 1.807) is 0 Å². The van der Waals surface area contributed by atoms with Crippen LogP contribution in [0.15, 0.2) is 18.2 Å². The Bertz CT molecular complexity index is 599. The summed E-state index contributed by atoms with van der Waals surface area (Å²) in [6.45, 7) is 1.79. The number of carbonyl (C=O) groups excluding carboxylic acids is 1. The topological polar surface area (TPSA) is 46.3 Å². The Labute approximate surface area is 127 Å². The molecule has 3 nitrogen and oxygen atoms in total. The minimum absolute atomic E-state index is 0.112. The summed E-state index contributed by atoms with van der Waals surface area (Å²) in [6, 6.07) is 2.63. The zero-order valence-electron chi connectivity index (χ0n) is 12.4. The summed E-state index contributed by atoms with van der Waals surface area (Å²) >= 11 is 0. The van der Waals surface area contributed by atoms with Gasteiger partial charge in [-0.1, -0.05) is 0 Å². The smallest absolute Gasteiger partial charge is 0.233 e. The summed E-state index contributed by atoms with van der Waals surface area (Å²) in [7, 11) is 0. The maximum absolute atomic E-state index is 14.5. The molecule has 1 amide bonds. The Kier molecular flexibility index (Phi) is 3.47. The number of carbonyl (C=O) groups is 1. The first kappa shape index (κ1) is 15.3. The van der Waals surface area contributed by atoms with Crippen molar-refractivity contribution in [2.75, 3.05) is 11.4 Å². The fraction of sp³-hybridized carbons (Fsp3) is 0.562. The number of alkyl halides is 1. The number of halogens is 3. The molecule has 120 valence electrons. The predicted molar refractivity (Wildman–Crippen MR) is 77.1 cm³/mol. The molecule has 22 heavy (non-hydrogen) atoms. The summed E-state index contributed by atoms with van der Waals surface area (Å²) in [4.78, 5) is 14.1. The van der Waals surface area contributed by atoms with Crippen LogP contribution in [-0.2, 0) is 4.79 Å². The van der Waals surface area contributed by atoms with Crippen molar-refractivity contribution in [2.45, 2.75) is 44.3 Å². The number of amides is 1. The van der Waals surface area contributed by atoms with Gasteiger partial charge in [0, 0.05) is 24.3 Å². The van der Waals surface area contributed by atoms with E-state index < -0.39 is 22.7 Å². The van der Waals surface area contributed by atoms with Crippen molar-refractivity contribution in [3.63, 3.8) is 0 Å². The van der Waals surface area contributed by atoms with Crippen LogP contribution < -0.4 is 10.6 Å². The van der Waals surface area contributed by atoms with E-state index >= 15 is 0 Å². The van der Waals surface area contributed by atoms with Crippen LogP contribution in [0.25, 0.3) is 0 Å². The van der Waals surface area contributed by atoms with Crippen molar-refractivity contribution in [2.24, 2.45) is 11.1 Å². The second kappa shape index (κ2) is 4.98. The minimum Gasteiger partial charge on any atom is -0.328 e. The molecule has 1 saturated carbocycles. The zero-order chi connectivity index (χ0) is 16.1. The second-order valence-corrected chi connectivity index (χ2v) is 6.87. The zero-order valence-corrected chi connectivity index (χ0v) is 12.4. The highest BCUT2D eigenvalue weighted by molar-refractivity contribution is 6.00. The molecule has 6 heteroatoms. The summed E-state index contributed by atoms with van der Waals surface area (Å²) < 4.78 is 41.2. The molecule has 3 unspecified atom stereocenters. The molecule has 0 aromatic heterocycles. The van der Waals surface area contributed by atoms with Gasteiger partial charge in [0.05, 0.1) is 5.41 Å². The number of anilines is 1. The first-order chi connectivity index (χ1) is 10.2. The lowest BCUT2D eigenvalue weighted by molar-refractivity contribution is -0.130. The summed E-state index contributed by atoms with van der Waals surface area (Å²) in [6.07, 6.45) is 1.22. The highest BCUT2D eigenvalue weighted by Gasteiger charge is 2.54. The molecule has 1 saturated heterocycles. The molecular weight excluding hydrogens is 293 g/mol. The monoisotopic (exact) mass is 312 g/mol. The lowest BCUT2D eigenvalue weighted by Gasteiger charge is -2.41. The molecule has 2 N–H and O–H groups in total. The van der Waals surface area contributed by atoms with Gasteiger partial charge in [0.15, 0.2) is 0 Å². The number of rotatable bonds is 1. The molecule has 1 aliphatic carbocycles. The molecule has 2 fully saturated rings. The molecule has 3 atom stereocenters. The molecule has 0 radical (unpaired) electrons. The van der Waals surface area contributed by atoms with Gasteiger partial charge in [0.2, 0.25) is 5.91 Å². The fourth-order valence-corrected chi connectivity index (χ4v) is 4.09. The van der Waals surface area contributed by atoms with Crippen LogP contribution in [0.1, 0.15) is 32.6 Å². The van der Waals surface area contributed by atoms with Gasteiger partial charge < -0.3 is 10.6 Å². The molecule has 0 bridgehead atoms. The lowest BCUT2D eigenvalue weighted by atomic mass is 9.66. The van der Waals surface area contributed by atoms with Crippen molar-refractivity contribution < 1.29 is 18.0 Å². The van der Waals surface area contributed by atoms with Gasteiger partial charge in [-0.25, -0.2) is 13.2 Å². The molecule has 1 spiro atoms. The van der Waals surface area contributed by atoms with Gasteiger partial charge >= 0.3 is 0 Å². The third-order valence-corrected chi connectivity index (χ3v) is 4.72. The molecule has 1 aromatic carbocycles. The quantitative estimate of drug-likeness (QED) is 0.866. The molecule has 3 rings (SSSR count). The van der Waals surface area contributed by atoms with Crippen LogP contribution in [0.4, 0.5) is 18.9 Å². The SMILES string of the molecule is CC1(F)CC(N)CC2(CCN(c3cc(F)cc(F)c3)C2=O)C1. The molecule has 1 aromatic rings. The minimum atomic E-state index is -1.49. The Hall–Kier alpha value is -1.56. The van der Waals surface area contributed by atoms with Crippen LogP contribution in [0.3, 0.4) is 0 Å². The Balaban J connectivity index is 1.91. The number of hydrogen-bond acceptors (Lipinski definition) is 2. The average Bonchev–Trinajstić information content (AvgIpc) is 2.62. The summed E-state index contributed by atoms with van der Waals surface area (Å²) in [5.74, 6) is -1.75. The number of benzene rings is 1. The van der Waals surface area contributed by atoms with E-state index in [1.807, 2.05) is 0 Å². The first-order valence-electron chi connectivity index (χ1n) is 7.43. The highest BCUT2D eigenvalue weighted by atomic mass is 19.1. The van der Waals surface area contributed by atoms with E-state index in [4.69, 9.17) is 5.73 Å². The van der Waals surface area contributed by atoms with Crippen molar-refractivity contribution in [3.8, 4) is 0 Å². The molecular formula is C16H19F3N2O. The Morgan fingerprint density at radius 2 is 1.86 bits per heavy atom. The van der Waals surface area contributed by atoms with Crippen LogP contribution in [0.2, 0.25) is 0 Å². The number of nitrogens with zero attached hydrogens (tertiary/aromatic N) is 1. The van der Waals surface area contributed by atoms with Crippen molar-refractivity contribution in [3.05, 3.63) is 29.8 Å². The van der Waals surface area contributed by atoms with Gasteiger partial charge in [0.1, 0.15) is 17.3 Å². The maximum atomic E-state index is 14.5. The van der Waals surface area contributed by atoms with E-state index in [0.717, 1.165) is 18.2 Å². The van der Waals surface area contributed by atoms with Crippen LogP contribution in [0.5, 0.6) is 0 Å². The Morgan fingerprint density at radius 1 is 1.23 bits per heavy atom. The second-order valence-electron chi connectivity index (χ2n) is 6.87. The van der Waals surface area contributed by atoms with E-state index in [2.05, 4.69) is 0 Å². The number of nitrogens with two attached hydrogens (primary N) is 1. The van der Waals surface area contributed by atoms with E-state index in [1.165, 1.54) is 11.8 Å². The Morgan fingerprint density at radius 3 is 2.45 bits per heavy atom. The van der Waals surface area contributed by atoms with Gasteiger partial charge in [-0.05, 0) is 44.7 Å². The molecule has 1 heterocycles. The summed E-state index contributed by atoms with van der Waals surface area (Å²) in [5, 5.41) is 0. The van der Waals surface area contributed by atoms with Crippen LogP contribution in [0, 0.1) is 17.0 Å². The van der Waals surface area contributed by atoms with Crippen molar-refractivity contribution in [1.82, 2.24) is 0 Å².